The summed E-state index contributed by atoms with van der Waals surface area (Å²) >= 11 is 0. The first-order chi connectivity index (χ1) is 15.1. The van der Waals surface area contributed by atoms with Gasteiger partial charge < -0.3 is 15.0 Å². The van der Waals surface area contributed by atoms with Gasteiger partial charge in [-0.1, -0.05) is 62.1 Å². The highest BCUT2D eigenvalue weighted by Crippen LogP contribution is 2.32. The number of fused-ring (bicyclic) bond motifs is 2. The first kappa shape index (κ1) is 20.2. The van der Waals surface area contributed by atoms with Crippen molar-refractivity contribution in [3.05, 3.63) is 48.0 Å². The van der Waals surface area contributed by atoms with Gasteiger partial charge in [0.15, 0.2) is 5.78 Å². The molecule has 162 valence electrons. The molecule has 31 heavy (non-hydrogen) atoms. The maximum atomic E-state index is 13.6. The zero-order valence-electron chi connectivity index (χ0n) is 17.6. The van der Waals surface area contributed by atoms with Crippen molar-refractivity contribution in [2.24, 2.45) is 5.92 Å². The molecule has 2 amide bonds. The molecule has 3 aliphatic rings. The van der Waals surface area contributed by atoms with E-state index in [1.54, 1.807) is 11.0 Å². The van der Waals surface area contributed by atoms with Gasteiger partial charge in [0.25, 0.3) is 5.91 Å². The summed E-state index contributed by atoms with van der Waals surface area (Å²) in [7, 11) is 0. The highest BCUT2D eigenvalue weighted by atomic mass is 16.5. The van der Waals surface area contributed by atoms with Gasteiger partial charge in [-0.25, -0.2) is 0 Å². The quantitative estimate of drug-likeness (QED) is 0.807. The predicted octanol–water partition coefficient (Wildman–Crippen LogP) is 3.09. The number of nitrogens with zero attached hydrogens (tertiary/aromatic N) is 1. The smallest absolute Gasteiger partial charge is 0.252 e. The summed E-state index contributed by atoms with van der Waals surface area (Å²) in [6.07, 6.45) is 5.61. The molecule has 5 rings (SSSR count). The molecule has 1 saturated carbocycles. The molecule has 0 bridgehead atoms. The van der Waals surface area contributed by atoms with Crippen LogP contribution in [0.4, 0.5) is 0 Å². The number of carbonyl (C=O) groups is 3. The van der Waals surface area contributed by atoms with Crippen LogP contribution in [0, 0.1) is 5.92 Å². The SMILES string of the molecule is O=C(NC(CC1CCCC1)C(=O)N1CCC2OCC(=O)C21)c1cccc2ccccc12. The molecule has 6 nitrogen and oxygen atoms in total. The molecule has 2 saturated heterocycles. The van der Waals surface area contributed by atoms with E-state index in [4.69, 9.17) is 4.74 Å². The molecule has 2 aromatic rings. The van der Waals surface area contributed by atoms with Gasteiger partial charge in [0.1, 0.15) is 18.7 Å². The number of likely N-dealkylation sites (tertiary alicyclic amines) is 1. The second-order valence-electron chi connectivity index (χ2n) is 9.02. The third-order valence-electron chi connectivity index (χ3n) is 7.08. The van der Waals surface area contributed by atoms with Crippen molar-refractivity contribution >= 4 is 28.4 Å². The van der Waals surface area contributed by atoms with E-state index in [1.807, 2.05) is 36.4 Å². The van der Waals surface area contributed by atoms with Crippen molar-refractivity contribution in [2.45, 2.75) is 56.7 Å². The largest absolute Gasteiger partial charge is 0.368 e. The van der Waals surface area contributed by atoms with Crippen LogP contribution >= 0.6 is 0 Å². The van der Waals surface area contributed by atoms with Crippen LogP contribution in [-0.2, 0) is 14.3 Å². The second kappa shape index (κ2) is 8.42. The molecule has 0 radical (unpaired) electrons. The Kier molecular flexibility index (Phi) is 5.48. The molecule has 2 aliphatic heterocycles. The minimum atomic E-state index is -0.623. The maximum absolute atomic E-state index is 13.6. The van der Waals surface area contributed by atoms with E-state index < -0.39 is 12.1 Å². The molecule has 3 atom stereocenters. The zero-order valence-corrected chi connectivity index (χ0v) is 17.6. The number of Topliss-reactive ketones (excluding diaryl/α,β-unsaturated/α-hetero) is 1. The molecule has 0 spiro atoms. The Balaban J connectivity index is 1.40. The number of benzene rings is 2. The molecule has 1 aliphatic carbocycles. The van der Waals surface area contributed by atoms with Crippen molar-refractivity contribution in [2.75, 3.05) is 13.2 Å². The van der Waals surface area contributed by atoms with Crippen molar-refractivity contribution in [3.8, 4) is 0 Å². The Morgan fingerprint density at radius 3 is 2.68 bits per heavy atom. The molecule has 6 heteroatoms. The van der Waals surface area contributed by atoms with E-state index in [0.29, 0.717) is 30.9 Å². The Morgan fingerprint density at radius 2 is 1.84 bits per heavy atom. The number of rotatable bonds is 5. The van der Waals surface area contributed by atoms with Crippen LogP contribution in [-0.4, -0.2) is 53.8 Å². The van der Waals surface area contributed by atoms with Gasteiger partial charge in [-0.15, -0.1) is 0 Å². The second-order valence-corrected chi connectivity index (χ2v) is 9.02. The van der Waals surface area contributed by atoms with Crippen molar-refractivity contribution in [1.29, 1.82) is 0 Å². The summed E-state index contributed by atoms with van der Waals surface area (Å²) in [6, 6.07) is 12.3. The Labute approximate surface area is 181 Å². The number of nitrogens with one attached hydrogen (secondary N) is 1. The average Bonchev–Trinajstić information content (AvgIpc) is 3.52. The molecular weight excluding hydrogens is 392 g/mol. The summed E-state index contributed by atoms with van der Waals surface area (Å²) in [5.74, 6) is 0.0104. The monoisotopic (exact) mass is 420 g/mol. The summed E-state index contributed by atoms with van der Waals surface area (Å²) in [6.45, 7) is 0.583. The predicted molar refractivity (Wildman–Crippen MR) is 117 cm³/mol. The van der Waals surface area contributed by atoms with Gasteiger partial charge in [-0.3, -0.25) is 14.4 Å². The number of hydrogen-bond donors (Lipinski definition) is 1. The van der Waals surface area contributed by atoms with E-state index >= 15 is 0 Å². The highest BCUT2D eigenvalue weighted by molar-refractivity contribution is 6.08. The van der Waals surface area contributed by atoms with E-state index in [9.17, 15) is 14.4 Å². The average molecular weight is 421 g/mol. The molecule has 3 unspecified atom stereocenters. The maximum Gasteiger partial charge on any atom is 0.252 e. The number of amides is 2. The lowest BCUT2D eigenvalue weighted by Crippen LogP contribution is -2.52. The normalized spacial score (nSPS) is 24.5. The van der Waals surface area contributed by atoms with E-state index in [1.165, 1.54) is 12.8 Å². The summed E-state index contributed by atoms with van der Waals surface area (Å²) in [4.78, 5) is 40.8. The lowest BCUT2D eigenvalue weighted by atomic mass is 9.96. The minimum Gasteiger partial charge on any atom is -0.368 e. The third-order valence-corrected chi connectivity index (χ3v) is 7.08. The Bertz CT molecular complexity index is 1010. The number of ether oxygens (including phenoxy) is 1. The minimum absolute atomic E-state index is 0.0316. The molecule has 0 aromatic heterocycles. The number of ketones is 1. The van der Waals surface area contributed by atoms with Crippen LogP contribution in [0.25, 0.3) is 10.8 Å². The lowest BCUT2D eigenvalue weighted by Gasteiger charge is -2.29. The molecular formula is C25H28N2O4. The topological polar surface area (TPSA) is 75.7 Å². The summed E-state index contributed by atoms with van der Waals surface area (Å²) < 4.78 is 5.55. The summed E-state index contributed by atoms with van der Waals surface area (Å²) in [5, 5.41) is 4.90. The van der Waals surface area contributed by atoms with Crippen molar-refractivity contribution < 1.29 is 19.1 Å². The lowest BCUT2D eigenvalue weighted by molar-refractivity contribution is -0.138. The van der Waals surface area contributed by atoms with Crippen molar-refractivity contribution in [3.63, 3.8) is 0 Å². The van der Waals surface area contributed by atoms with Crippen LogP contribution in [0.15, 0.2) is 42.5 Å². The fraction of sp³-hybridized carbons (Fsp3) is 0.480. The van der Waals surface area contributed by atoms with Crippen molar-refractivity contribution in [1.82, 2.24) is 10.2 Å². The van der Waals surface area contributed by atoms with Crippen LogP contribution in [0.2, 0.25) is 0 Å². The first-order valence-electron chi connectivity index (χ1n) is 11.4. The third kappa shape index (κ3) is 3.85. The van der Waals surface area contributed by atoms with Gasteiger partial charge in [0.05, 0.1) is 6.10 Å². The number of carbonyl (C=O) groups excluding carboxylic acids is 3. The Morgan fingerprint density at radius 1 is 1.06 bits per heavy atom. The molecule has 2 aromatic carbocycles. The fourth-order valence-corrected chi connectivity index (χ4v) is 5.50. The number of hydrogen-bond acceptors (Lipinski definition) is 4. The highest BCUT2D eigenvalue weighted by Gasteiger charge is 2.48. The van der Waals surface area contributed by atoms with E-state index in [-0.39, 0.29) is 30.3 Å². The van der Waals surface area contributed by atoms with Gasteiger partial charge >= 0.3 is 0 Å². The van der Waals surface area contributed by atoms with Gasteiger partial charge in [0, 0.05) is 12.1 Å². The van der Waals surface area contributed by atoms with Crippen LogP contribution < -0.4 is 5.32 Å². The molecule has 3 fully saturated rings. The van der Waals surface area contributed by atoms with E-state index in [0.717, 1.165) is 23.6 Å². The standard InChI is InChI=1S/C25H28N2O4/c28-21-15-31-22-12-13-27(23(21)22)25(30)20(14-16-6-1-2-7-16)26-24(29)19-11-5-9-17-8-3-4-10-18(17)19/h3-5,8-11,16,20,22-23H,1-2,6-7,12-15H2,(H,26,29). The van der Waals surface area contributed by atoms with Gasteiger partial charge in [0.2, 0.25) is 5.91 Å². The van der Waals surface area contributed by atoms with Gasteiger partial charge in [-0.05, 0) is 35.6 Å². The molecule has 1 N–H and O–H groups in total. The first-order valence-corrected chi connectivity index (χ1v) is 11.4. The summed E-state index contributed by atoms with van der Waals surface area (Å²) in [5.41, 5.74) is 0.571. The van der Waals surface area contributed by atoms with Crippen LogP contribution in [0.1, 0.15) is 48.9 Å². The molecule has 2 heterocycles. The fourth-order valence-electron chi connectivity index (χ4n) is 5.50. The van der Waals surface area contributed by atoms with Crippen LogP contribution in [0.3, 0.4) is 0 Å². The zero-order chi connectivity index (χ0) is 21.4. The Hall–Kier alpha value is -2.73. The van der Waals surface area contributed by atoms with Gasteiger partial charge in [-0.2, -0.15) is 0 Å². The van der Waals surface area contributed by atoms with E-state index in [2.05, 4.69) is 5.32 Å². The van der Waals surface area contributed by atoms with Crippen LogP contribution in [0.5, 0.6) is 0 Å².